The van der Waals surface area contributed by atoms with Gasteiger partial charge < -0.3 is 15.8 Å². The molecule has 20 heavy (non-hydrogen) atoms. The third-order valence-electron chi connectivity index (χ3n) is 3.84. The van der Waals surface area contributed by atoms with Crippen molar-refractivity contribution in [1.29, 1.82) is 0 Å². The lowest BCUT2D eigenvalue weighted by Gasteiger charge is -2.12. The highest BCUT2D eigenvalue weighted by molar-refractivity contribution is 5.76. The van der Waals surface area contributed by atoms with E-state index in [-0.39, 0.29) is 11.9 Å². The molecule has 0 aliphatic heterocycles. The van der Waals surface area contributed by atoms with Crippen molar-refractivity contribution in [2.75, 3.05) is 13.2 Å². The van der Waals surface area contributed by atoms with Gasteiger partial charge in [0.25, 0.3) is 0 Å². The Labute approximate surface area is 120 Å². The quantitative estimate of drug-likeness (QED) is 0.799. The van der Waals surface area contributed by atoms with E-state index in [9.17, 15) is 4.79 Å². The molecular weight excluding hydrogens is 252 g/mol. The molecule has 0 saturated heterocycles. The summed E-state index contributed by atoms with van der Waals surface area (Å²) in [6, 6.07) is 6.07. The van der Waals surface area contributed by atoms with Gasteiger partial charge in [-0.05, 0) is 55.9 Å². The maximum absolute atomic E-state index is 11.7. The summed E-state index contributed by atoms with van der Waals surface area (Å²) in [4.78, 5) is 11.7. The summed E-state index contributed by atoms with van der Waals surface area (Å²) in [6.07, 6.45) is 2.77. The van der Waals surface area contributed by atoms with Crippen molar-refractivity contribution in [2.24, 2.45) is 11.7 Å². The zero-order chi connectivity index (χ0) is 14.5. The third kappa shape index (κ3) is 4.53. The number of nitrogens with two attached hydrogens (primary N) is 1. The summed E-state index contributed by atoms with van der Waals surface area (Å²) in [5.41, 5.74) is 8.37. The summed E-state index contributed by atoms with van der Waals surface area (Å²) in [7, 11) is 0. The van der Waals surface area contributed by atoms with Crippen LogP contribution in [0.4, 0.5) is 0 Å². The molecule has 0 bridgehead atoms. The number of ether oxygens (including phenoxy) is 1. The minimum Gasteiger partial charge on any atom is -0.493 e. The number of carbonyl (C=O) groups excluding carboxylic acids is 1. The number of rotatable bonds is 7. The van der Waals surface area contributed by atoms with E-state index in [1.54, 1.807) is 0 Å². The summed E-state index contributed by atoms with van der Waals surface area (Å²) in [5.74, 6) is 1.43. The molecule has 4 nitrogen and oxygen atoms in total. The van der Waals surface area contributed by atoms with Gasteiger partial charge in [0.1, 0.15) is 5.75 Å². The van der Waals surface area contributed by atoms with Crippen LogP contribution in [0.25, 0.3) is 0 Å². The highest BCUT2D eigenvalue weighted by Crippen LogP contribution is 2.31. The fraction of sp³-hybridized carbons (Fsp3) is 0.562. The summed E-state index contributed by atoms with van der Waals surface area (Å²) in [5, 5.41) is 2.87. The first-order valence-corrected chi connectivity index (χ1v) is 7.28. The smallest absolute Gasteiger partial charge is 0.223 e. The minimum absolute atomic E-state index is 0.00457. The van der Waals surface area contributed by atoms with Gasteiger partial charge in [-0.3, -0.25) is 4.79 Å². The van der Waals surface area contributed by atoms with E-state index >= 15 is 0 Å². The van der Waals surface area contributed by atoms with Crippen LogP contribution in [0.3, 0.4) is 0 Å². The lowest BCUT2D eigenvalue weighted by Crippen LogP contribution is -2.38. The number of benzene rings is 1. The number of amides is 1. The second-order valence-corrected chi connectivity index (χ2v) is 5.65. The molecule has 1 saturated carbocycles. The van der Waals surface area contributed by atoms with Gasteiger partial charge in [-0.25, -0.2) is 0 Å². The number of nitrogens with one attached hydrogen (secondary N) is 1. The Morgan fingerprint density at radius 3 is 2.80 bits per heavy atom. The zero-order valence-corrected chi connectivity index (χ0v) is 12.3. The standard InChI is InChI=1S/C16H24N2O2/c1-11-3-6-14(9-12(11)2)20-8-7-16(19)18-10-15(17)13-4-5-13/h3,6,9,13,15H,4-5,7-8,10,17H2,1-2H3,(H,18,19). The van der Waals surface area contributed by atoms with E-state index in [2.05, 4.69) is 12.2 Å². The molecule has 1 aliphatic rings. The predicted molar refractivity (Wildman–Crippen MR) is 79.7 cm³/mol. The van der Waals surface area contributed by atoms with Crippen LogP contribution in [0.1, 0.15) is 30.4 Å². The first kappa shape index (κ1) is 14.9. The van der Waals surface area contributed by atoms with Crippen molar-refractivity contribution < 1.29 is 9.53 Å². The van der Waals surface area contributed by atoms with Crippen molar-refractivity contribution in [3.05, 3.63) is 29.3 Å². The van der Waals surface area contributed by atoms with Gasteiger partial charge in [0.2, 0.25) is 5.91 Å². The van der Waals surface area contributed by atoms with E-state index in [0.717, 1.165) is 5.75 Å². The molecule has 2 rings (SSSR count). The third-order valence-corrected chi connectivity index (χ3v) is 3.84. The summed E-state index contributed by atoms with van der Waals surface area (Å²) >= 11 is 0. The SMILES string of the molecule is Cc1ccc(OCCC(=O)NCC(N)C2CC2)cc1C. The van der Waals surface area contributed by atoms with Crippen LogP contribution in [0, 0.1) is 19.8 Å². The molecule has 1 aromatic rings. The molecule has 1 atom stereocenters. The summed E-state index contributed by atoms with van der Waals surface area (Å²) < 4.78 is 5.59. The Morgan fingerprint density at radius 2 is 2.15 bits per heavy atom. The van der Waals surface area contributed by atoms with Crippen LogP contribution < -0.4 is 15.8 Å². The Bertz CT molecular complexity index is 470. The van der Waals surface area contributed by atoms with Gasteiger partial charge >= 0.3 is 0 Å². The molecule has 3 N–H and O–H groups in total. The van der Waals surface area contributed by atoms with Gasteiger partial charge in [-0.15, -0.1) is 0 Å². The van der Waals surface area contributed by atoms with Crippen molar-refractivity contribution in [3.63, 3.8) is 0 Å². The van der Waals surface area contributed by atoms with Gasteiger partial charge in [-0.2, -0.15) is 0 Å². The zero-order valence-electron chi connectivity index (χ0n) is 12.3. The van der Waals surface area contributed by atoms with E-state index in [4.69, 9.17) is 10.5 Å². The average Bonchev–Trinajstić information content (AvgIpc) is 3.24. The lowest BCUT2D eigenvalue weighted by atomic mass is 10.1. The number of hydrogen-bond acceptors (Lipinski definition) is 3. The van der Waals surface area contributed by atoms with E-state index < -0.39 is 0 Å². The summed E-state index contributed by atoms with van der Waals surface area (Å²) in [6.45, 7) is 5.09. The highest BCUT2D eigenvalue weighted by Gasteiger charge is 2.28. The molecule has 0 heterocycles. The highest BCUT2D eigenvalue weighted by atomic mass is 16.5. The van der Waals surface area contributed by atoms with Crippen LogP contribution in [-0.2, 0) is 4.79 Å². The molecule has 0 radical (unpaired) electrons. The molecule has 1 unspecified atom stereocenters. The molecule has 0 spiro atoms. The molecule has 1 aromatic carbocycles. The molecule has 1 amide bonds. The Morgan fingerprint density at radius 1 is 1.40 bits per heavy atom. The monoisotopic (exact) mass is 276 g/mol. The van der Waals surface area contributed by atoms with Crippen LogP contribution in [0.5, 0.6) is 5.75 Å². The molecule has 1 fully saturated rings. The maximum atomic E-state index is 11.7. The topological polar surface area (TPSA) is 64.3 Å². The van der Waals surface area contributed by atoms with Crippen molar-refractivity contribution in [1.82, 2.24) is 5.32 Å². The van der Waals surface area contributed by atoms with E-state index in [1.807, 2.05) is 25.1 Å². The fourth-order valence-electron chi connectivity index (χ4n) is 2.08. The van der Waals surface area contributed by atoms with Crippen LogP contribution in [0.15, 0.2) is 18.2 Å². The second kappa shape index (κ2) is 6.75. The first-order chi connectivity index (χ1) is 9.56. The van der Waals surface area contributed by atoms with Crippen molar-refractivity contribution in [3.8, 4) is 5.75 Å². The van der Waals surface area contributed by atoms with Crippen LogP contribution >= 0.6 is 0 Å². The largest absolute Gasteiger partial charge is 0.493 e. The molecule has 4 heteroatoms. The van der Waals surface area contributed by atoms with Crippen LogP contribution in [0.2, 0.25) is 0 Å². The predicted octanol–water partition coefficient (Wildman–Crippen LogP) is 1.93. The van der Waals surface area contributed by atoms with Gasteiger partial charge in [0, 0.05) is 12.6 Å². The molecule has 1 aliphatic carbocycles. The Balaban J connectivity index is 1.64. The number of aryl methyl sites for hydroxylation is 2. The Kier molecular flexibility index (Phi) is 5.01. The van der Waals surface area contributed by atoms with Crippen molar-refractivity contribution >= 4 is 5.91 Å². The van der Waals surface area contributed by atoms with E-state index in [1.165, 1.54) is 24.0 Å². The average molecular weight is 276 g/mol. The molecular formula is C16H24N2O2. The minimum atomic E-state index is 0.00457. The number of hydrogen-bond donors (Lipinski definition) is 2. The number of carbonyl (C=O) groups is 1. The maximum Gasteiger partial charge on any atom is 0.223 e. The van der Waals surface area contributed by atoms with Crippen LogP contribution in [-0.4, -0.2) is 25.1 Å². The van der Waals surface area contributed by atoms with E-state index in [0.29, 0.717) is 25.5 Å². The molecule has 0 aromatic heterocycles. The molecule has 110 valence electrons. The lowest BCUT2D eigenvalue weighted by molar-refractivity contribution is -0.121. The van der Waals surface area contributed by atoms with Gasteiger partial charge in [0.15, 0.2) is 0 Å². The van der Waals surface area contributed by atoms with Gasteiger partial charge in [-0.1, -0.05) is 6.07 Å². The van der Waals surface area contributed by atoms with Crippen molar-refractivity contribution in [2.45, 2.75) is 39.2 Å². The second-order valence-electron chi connectivity index (χ2n) is 5.65. The van der Waals surface area contributed by atoms with Gasteiger partial charge in [0.05, 0.1) is 13.0 Å². The fourth-order valence-corrected chi connectivity index (χ4v) is 2.08. The Hall–Kier alpha value is -1.55. The first-order valence-electron chi connectivity index (χ1n) is 7.28. The normalized spacial score (nSPS) is 15.8.